The number of hydrogen-bond acceptors (Lipinski definition) is 4. The number of rotatable bonds is 3. The van der Waals surface area contributed by atoms with E-state index in [1.54, 1.807) is 0 Å². The number of imidazole rings is 1. The Morgan fingerprint density at radius 1 is 1.19 bits per heavy atom. The van der Waals surface area contributed by atoms with Crippen molar-refractivity contribution >= 4 is 22.8 Å². The van der Waals surface area contributed by atoms with Crippen LogP contribution in [-0.4, -0.2) is 21.2 Å². The molecule has 26 heavy (non-hydrogen) atoms. The van der Waals surface area contributed by atoms with E-state index in [0.717, 1.165) is 16.7 Å². The van der Waals surface area contributed by atoms with Gasteiger partial charge in [0.1, 0.15) is 11.4 Å². The number of carbonyl (C=O) groups excluding carboxylic acids is 1. The molecule has 3 N–H and O–H groups in total. The van der Waals surface area contributed by atoms with Crippen molar-refractivity contribution in [2.45, 2.75) is 39.3 Å². The molecule has 6 heteroatoms. The van der Waals surface area contributed by atoms with E-state index in [4.69, 9.17) is 15.5 Å². The Bertz CT molecular complexity index is 940. The van der Waals surface area contributed by atoms with Crippen LogP contribution < -0.4 is 11.1 Å². The van der Waals surface area contributed by atoms with Crippen LogP contribution in [0.4, 0.5) is 10.5 Å². The predicted molar refractivity (Wildman–Crippen MR) is 103 cm³/mol. The van der Waals surface area contributed by atoms with Crippen molar-refractivity contribution in [1.29, 1.82) is 0 Å². The number of carbonyl (C=O) groups is 1. The van der Waals surface area contributed by atoms with Crippen molar-refractivity contribution in [1.82, 2.24) is 14.9 Å². The molecule has 0 bridgehead atoms. The summed E-state index contributed by atoms with van der Waals surface area (Å²) in [6.45, 7) is 7.38. The van der Waals surface area contributed by atoms with E-state index in [9.17, 15) is 4.79 Å². The highest BCUT2D eigenvalue weighted by molar-refractivity contribution is 5.79. The van der Waals surface area contributed by atoms with Crippen molar-refractivity contribution in [2.75, 3.05) is 5.73 Å². The van der Waals surface area contributed by atoms with Crippen molar-refractivity contribution in [3.63, 3.8) is 0 Å². The highest BCUT2D eigenvalue weighted by atomic mass is 16.6. The van der Waals surface area contributed by atoms with Crippen LogP contribution in [0.25, 0.3) is 16.7 Å². The van der Waals surface area contributed by atoms with Crippen LogP contribution in [0.5, 0.6) is 0 Å². The second-order valence-electron chi connectivity index (χ2n) is 7.26. The first kappa shape index (κ1) is 17.8. The highest BCUT2D eigenvalue weighted by Crippen LogP contribution is 2.26. The number of amides is 1. The third-order valence-corrected chi connectivity index (χ3v) is 3.84. The van der Waals surface area contributed by atoms with Gasteiger partial charge >= 0.3 is 6.09 Å². The molecular formula is C20H24N4O2. The van der Waals surface area contributed by atoms with Crippen LogP contribution in [0.1, 0.15) is 39.6 Å². The summed E-state index contributed by atoms with van der Waals surface area (Å²) >= 11 is 0. The predicted octanol–water partition coefficient (Wildman–Crippen LogP) is 4.19. The lowest BCUT2D eigenvalue weighted by molar-refractivity contribution is 0.0505. The van der Waals surface area contributed by atoms with Gasteiger partial charge in [-0.3, -0.25) is 4.57 Å². The standard InChI is InChI=1S/C20H24N4O2/c1-13(22-19(25)26-20(2,3)4)18-23-16-10-5-6-11-17(16)24(18)15-9-7-8-14(21)12-15/h5-13H,21H2,1-4H3,(H,22,25)/t13-/m0/s1. The molecule has 1 atom stereocenters. The van der Waals surface area contributed by atoms with Crippen LogP contribution in [0.3, 0.4) is 0 Å². The molecule has 0 aliphatic rings. The summed E-state index contributed by atoms with van der Waals surface area (Å²) < 4.78 is 7.37. The molecular weight excluding hydrogens is 328 g/mol. The Kier molecular flexibility index (Phi) is 4.59. The number of alkyl carbamates (subject to hydrolysis) is 1. The van der Waals surface area contributed by atoms with Gasteiger partial charge in [0.2, 0.25) is 0 Å². The molecule has 0 unspecified atom stereocenters. The SMILES string of the molecule is C[C@H](NC(=O)OC(C)(C)C)c1nc2ccccc2n1-c1cccc(N)c1. The maximum Gasteiger partial charge on any atom is 0.408 e. The maximum absolute atomic E-state index is 12.2. The first-order chi connectivity index (χ1) is 12.2. The van der Waals surface area contributed by atoms with Gasteiger partial charge in [-0.15, -0.1) is 0 Å². The molecule has 136 valence electrons. The molecule has 6 nitrogen and oxygen atoms in total. The Morgan fingerprint density at radius 3 is 2.62 bits per heavy atom. The number of para-hydroxylation sites is 2. The Morgan fingerprint density at radius 2 is 1.92 bits per heavy atom. The summed E-state index contributed by atoms with van der Waals surface area (Å²) in [6.07, 6.45) is -0.476. The number of fused-ring (bicyclic) bond motifs is 1. The minimum absolute atomic E-state index is 0.348. The van der Waals surface area contributed by atoms with Gasteiger partial charge in [-0.25, -0.2) is 9.78 Å². The quantitative estimate of drug-likeness (QED) is 0.692. The molecule has 0 radical (unpaired) electrons. The van der Waals surface area contributed by atoms with Gasteiger partial charge < -0.3 is 15.8 Å². The average Bonchev–Trinajstić information content (AvgIpc) is 2.92. The normalized spacial score (nSPS) is 12.8. The van der Waals surface area contributed by atoms with Gasteiger partial charge in [0, 0.05) is 11.4 Å². The largest absolute Gasteiger partial charge is 0.444 e. The fourth-order valence-electron chi connectivity index (χ4n) is 2.82. The minimum atomic E-state index is -0.558. The molecule has 0 aliphatic heterocycles. The molecule has 1 heterocycles. The van der Waals surface area contributed by atoms with Gasteiger partial charge in [-0.1, -0.05) is 18.2 Å². The summed E-state index contributed by atoms with van der Waals surface area (Å²) in [7, 11) is 0. The molecule has 0 spiro atoms. The molecule has 0 aliphatic carbocycles. The van der Waals surface area contributed by atoms with Crippen molar-refractivity contribution in [3.8, 4) is 5.69 Å². The fourth-order valence-corrected chi connectivity index (χ4v) is 2.82. The summed E-state index contributed by atoms with van der Waals surface area (Å²) in [5.74, 6) is 0.711. The second-order valence-corrected chi connectivity index (χ2v) is 7.26. The van der Waals surface area contributed by atoms with E-state index >= 15 is 0 Å². The Hall–Kier alpha value is -3.02. The zero-order valence-electron chi connectivity index (χ0n) is 15.5. The smallest absolute Gasteiger partial charge is 0.408 e. The summed E-state index contributed by atoms with van der Waals surface area (Å²) in [6, 6.07) is 15.1. The van der Waals surface area contributed by atoms with Crippen LogP contribution in [0.2, 0.25) is 0 Å². The van der Waals surface area contributed by atoms with E-state index in [0.29, 0.717) is 11.5 Å². The molecule has 1 amide bonds. The lowest BCUT2D eigenvalue weighted by atomic mass is 10.2. The van der Waals surface area contributed by atoms with Crippen molar-refractivity contribution in [2.24, 2.45) is 0 Å². The second kappa shape index (κ2) is 6.71. The van der Waals surface area contributed by atoms with Gasteiger partial charge in [-0.05, 0) is 58.0 Å². The number of nitrogen functional groups attached to an aromatic ring is 1. The van der Waals surface area contributed by atoms with Crippen LogP contribution in [0.15, 0.2) is 48.5 Å². The third-order valence-electron chi connectivity index (χ3n) is 3.84. The lowest BCUT2D eigenvalue weighted by Gasteiger charge is -2.22. The van der Waals surface area contributed by atoms with E-state index in [2.05, 4.69) is 5.32 Å². The molecule has 3 aromatic rings. The van der Waals surface area contributed by atoms with E-state index in [1.165, 1.54) is 0 Å². The Balaban J connectivity index is 2.03. The molecule has 0 saturated carbocycles. The van der Waals surface area contributed by atoms with Crippen LogP contribution in [-0.2, 0) is 4.74 Å². The summed E-state index contributed by atoms with van der Waals surface area (Å²) in [4.78, 5) is 16.9. The fraction of sp³-hybridized carbons (Fsp3) is 0.300. The molecule has 2 aromatic carbocycles. The highest BCUT2D eigenvalue weighted by Gasteiger charge is 2.22. The minimum Gasteiger partial charge on any atom is -0.444 e. The number of anilines is 1. The van der Waals surface area contributed by atoms with E-state index in [-0.39, 0.29) is 6.04 Å². The summed E-state index contributed by atoms with van der Waals surface area (Å²) in [5, 5.41) is 2.86. The molecule has 0 saturated heterocycles. The van der Waals surface area contributed by atoms with Gasteiger partial charge in [0.25, 0.3) is 0 Å². The number of hydrogen-bond donors (Lipinski definition) is 2. The van der Waals surface area contributed by atoms with Gasteiger partial charge in [0.05, 0.1) is 17.1 Å². The zero-order chi connectivity index (χ0) is 18.9. The molecule has 0 fully saturated rings. The zero-order valence-corrected chi connectivity index (χ0v) is 15.5. The topological polar surface area (TPSA) is 82.2 Å². The molecule has 3 rings (SSSR count). The lowest BCUT2D eigenvalue weighted by Crippen LogP contribution is -2.34. The first-order valence-electron chi connectivity index (χ1n) is 8.57. The number of ether oxygens (including phenoxy) is 1. The van der Waals surface area contributed by atoms with Crippen molar-refractivity contribution < 1.29 is 9.53 Å². The van der Waals surface area contributed by atoms with Gasteiger partial charge in [-0.2, -0.15) is 0 Å². The third kappa shape index (κ3) is 3.79. The van der Waals surface area contributed by atoms with E-state index < -0.39 is 11.7 Å². The number of nitrogens with zero attached hydrogens (tertiary/aromatic N) is 2. The number of benzene rings is 2. The maximum atomic E-state index is 12.2. The van der Waals surface area contributed by atoms with E-state index in [1.807, 2.05) is 80.8 Å². The van der Waals surface area contributed by atoms with Crippen LogP contribution in [0, 0.1) is 0 Å². The number of aromatic nitrogens is 2. The first-order valence-corrected chi connectivity index (χ1v) is 8.57. The van der Waals surface area contributed by atoms with Crippen molar-refractivity contribution in [3.05, 3.63) is 54.4 Å². The Labute approximate surface area is 153 Å². The average molecular weight is 352 g/mol. The monoisotopic (exact) mass is 352 g/mol. The van der Waals surface area contributed by atoms with Gasteiger partial charge in [0.15, 0.2) is 0 Å². The summed E-state index contributed by atoms with van der Waals surface area (Å²) in [5.41, 5.74) is 8.76. The molecule has 1 aromatic heterocycles. The number of nitrogens with two attached hydrogens (primary N) is 1. The number of nitrogens with one attached hydrogen (secondary N) is 1. The van der Waals surface area contributed by atoms with Crippen LogP contribution >= 0.6 is 0 Å².